The second-order valence-corrected chi connectivity index (χ2v) is 7.70. The fourth-order valence-electron chi connectivity index (χ4n) is 3.49. The van der Waals surface area contributed by atoms with Crippen LogP contribution in [0.25, 0.3) is 0 Å². The molecule has 0 aromatic carbocycles. The number of aryl methyl sites for hydroxylation is 1. The molecule has 23 heavy (non-hydrogen) atoms. The standard InChI is InChI=1S/C18H24N2O3/c1-12-5-6-13-14(19-12)11-18(15(13)21)7-9-20(10-8-18)16(22)23-17(2,3)4/h5-6H,7-11H2,1-4H3. The first-order valence-corrected chi connectivity index (χ1v) is 8.19. The maximum atomic E-state index is 12.8. The molecule has 1 aromatic rings. The van der Waals surface area contributed by atoms with Crippen LogP contribution in [0.3, 0.4) is 0 Å². The van der Waals surface area contributed by atoms with Crippen LogP contribution < -0.4 is 0 Å². The van der Waals surface area contributed by atoms with Gasteiger partial charge in [-0.15, -0.1) is 0 Å². The van der Waals surface area contributed by atoms with E-state index in [4.69, 9.17) is 4.74 Å². The summed E-state index contributed by atoms with van der Waals surface area (Å²) in [5, 5.41) is 0. The number of rotatable bonds is 0. The second kappa shape index (κ2) is 5.32. The largest absolute Gasteiger partial charge is 0.444 e. The predicted molar refractivity (Wildman–Crippen MR) is 86.5 cm³/mol. The Morgan fingerprint density at radius 2 is 1.91 bits per heavy atom. The Balaban J connectivity index is 1.70. The van der Waals surface area contributed by atoms with E-state index in [2.05, 4.69) is 4.98 Å². The van der Waals surface area contributed by atoms with Crippen LogP contribution in [-0.4, -0.2) is 40.5 Å². The number of piperidine rings is 1. The molecule has 5 nitrogen and oxygen atoms in total. The van der Waals surface area contributed by atoms with Crippen LogP contribution in [0.5, 0.6) is 0 Å². The Bertz CT molecular complexity index is 653. The van der Waals surface area contributed by atoms with Crippen molar-refractivity contribution < 1.29 is 14.3 Å². The van der Waals surface area contributed by atoms with Gasteiger partial charge in [-0.1, -0.05) is 0 Å². The molecule has 0 atom stereocenters. The first-order chi connectivity index (χ1) is 10.7. The maximum absolute atomic E-state index is 12.8. The minimum absolute atomic E-state index is 0.198. The van der Waals surface area contributed by atoms with Gasteiger partial charge in [-0.3, -0.25) is 9.78 Å². The molecule has 2 aliphatic rings. The highest BCUT2D eigenvalue weighted by molar-refractivity contribution is 6.04. The average Bonchev–Trinajstić information content (AvgIpc) is 2.70. The third-order valence-corrected chi connectivity index (χ3v) is 4.72. The molecule has 1 spiro atoms. The molecule has 124 valence electrons. The molecule has 0 N–H and O–H groups in total. The number of hydrogen-bond acceptors (Lipinski definition) is 4. The van der Waals surface area contributed by atoms with Crippen LogP contribution in [0.2, 0.25) is 0 Å². The number of Topliss-reactive ketones (excluding diaryl/α,β-unsaturated/α-hetero) is 1. The van der Waals surface area contributed by atoms with E-state index in [1.54, 1.807) is 4.90 Å². The van der Waals surface area contributed by atoms with Gasteiger partial charge in [-0.25, -0.2) is 4.79 Å². The van der Waals surface area contributed by atoms with Crippen molar-refractivity contribution in [3.63, 3.8) is 0 Å². The zero-order valence-corrected chi connectivity index (χ0v) is 14.3. The number of amides is 1. The van der Waals surface area contributed by atoms with Crippen molar-refractivity contribution in [2.24, 2.45) is 5.41 Å². The van der Waals surface area contributed by atoms with Crippen LogP contribution >= 0.6 is 0 Å². The molecule has 1 aliphatic carbocycles. The fraction of sp³-hybridized carbons (Fsp3) is 0.611. The number of ketones is 1. The number of likely N-dealkylation sites (tertiary alicyclic amines) is 1. The molecule has 0 saturated carbocycles. The molecule has 1 aromatic heterocycles. The summed E-state index contributed by atoms with van der Waals surface area (Å²) in [6.45, 7) is 8.66. The summed E-state index contributed by atoms with van der Waals surface area (Å²) in [5.41, 5.74) is 1.76. The van der Waals surface area contributed by atoms with Crippen LogP contribution in [0.4, 0.5) is 4.79 Å². The number of pyridine rings is 1. The number of carbonyl (C=O) groups excluding carboxylic acids is 2. The highest BCUT2D eigenvalue weighted by atomic mass is 16.6. The van der Waals surface area contributed by atoms with Crippen LogP contribution in [-0.2, 0) is 11.2 Å². The van der Waals surface area contributed by atoms with Gasteiger partial charge in [0.15, 0.2) is 5.78 Å². The van der Waals surface area contributed by atoms with E-state index in [0.717, 1.165) is 17.0 Å². The van der Waals surface area contributed by atoms with Gasteiger partial charge in [0.05, 0.1) is 5.69 Å². The Hall–Kier alpha value is -1.91. The first-order valence-electron chi connectivity index (χ1n) is 8.19. The van der Waals surface area contributed by atoms with Crippen molar-refractivity contribution in [2.75, 3.05) is 13.1 Å². The third kappa shape index (κ3) is 2.96. The van der Waals surface area contributed by atoms with Crippen LogP contribution in [0.1, 0.15) is 55.4 Å². The number of fused-ring (bicyclic) bond motifs is 1. The normalized spacial score (nSPS) is 19.8. The van der Waals surface area contributed by atoms with E-state index >= 15 is 0 Å². The highest BCUT2D eigenvalue weighted by Crippen LogP contribution is 2.44. The van der Waals surface area contributed by atoms with Gasteiger partial charge in [0, 0.05) is 36.2 Å². The predicted octanol–water partition coefficient (Wildman–Crippen LogP) is 3.15. The molecule has 0 bridgehead atoms. The number of carbonyl (C=O) groups is 2. The van der Waals surface area contributed by atoms with E-state index in [0.29, 0.717) is 32.4 Å². The molecule has 1 amide bonds. The van der Waals surface area contributed by atoms with E-state index in [9.17, 15) is 9.59 Å². The molecular weight excluding hydrogens is 292 g/mol. The highest BCUT2D eigenvalue weighted by Gasteiger charge is 2.48. The molecular formula is C18H24N2O3. The SMILES string of the molecule is Cc1ccc2c(n1)CC1(CCN(C(=O)OC(C)(C)C)CC1)C2=O. The summed E-state index contributed by atoms with van der Waals surface area (Å²) in [6.07, 6.45) is 1.77. The summed E-state index contributed by atoms with van der Waals surface area (Å²) in [4.78, 5) is 31.2. The van der Waals surface area contributed by atoms with Crippen LogP contribution in [0.15, 0.2) is 12.1 Å². The molecule has 1 aliphatic heterocycles. The van der Waals surface area contributed by atoms with Crippen molar-refractivity contribution in [1.82, 2.24) is 9.88 Å². The topological polar surface area (TPSA) is 59.5 Å². The fourth-order valence-corrected chi connectivity index (χ4v) is 3.49. The number of ether oxygens (including phenoxy) is 1. The van der Waals surface area contributed by atoms with Crippen molar-refractivity contribution in [3.8, 4) is 0 Å². The van der Waals surface area contributed by atoms with Gasteiger partial charge in [-0.05, 0) is 52.7 Å². The quantitative estimate of drug-likeness (QED) is 0.738. The first kappa shape index (κ1) is 16.0. The summed E-state index contributed by atoms with van der Waals surface area (Å²) in [6, 6.07) is 3.79. The van der Waals surface area contributed by atoms with Gasteiger partial charge in [0.1, 0.15) is 5.60 Å². The molecule has 0 radical (unpaired) electrons. The zero-order valence-electron chi connectivity index (χ0n) is 14.3. The summed E-state index contributed by atoms with van der Waals surface area (Å²) in [7, 11) is 0. The minimum atomic E-state index is -0.493. The van der Waals surface area contributed by atoms with Crippen molar-refractivity contribution in [1.29, 1.82) is 0 Å². The minimum Gasteiger partial charge on any atom is -0.444 e. The van der Waals surface area contributed by atoms with E-state index in [1.807, 2.05) is 39.8 Å². The number of hydrogen-bond donors (Lipinski definition) is 0. The molecule has 5 heteroatoms. The third-order valence-electron chi connectivity index (χ3n) is 4.72. The maximum Gasteiger partial charge on any atom is 0.410 e. The van der Waals surface area contributed by atoms with E-state index in [1.165, 1.54) is 0 Å². The molecule has 1 fully saturated rings. The van der Waals surface area contributed by atoms with Gasteiger partial charge >= 0.3 is 6.09 Å². The second-order valence-electron chi connectivity index (χ2n) is 7.70. The Morgan fingerprint density at radius 3 is 2.52 bits per heavy atom. The van der Waals surface area contributed by atoms with Crippen molar-refractivity contribution in [3.05, 3.63) is 29.1 Å². The number of aromatic nitrogens is 1. The monoisotopic (exact) mass is 316 g/mol. The lowest BCUT2D eigenvalue weighted by Crippen LogP contribution is -2.47. The summed E-state index contributed by atoms with van der Waals surface area (Å²) in [5.74, 6) is 0.198. The molecule has 3 rings (SSSR count). The Kier molecular flexibility index (Phi) is 3.69. The Labute approximate surface area is 137 Å². The Morgan fingerprint density at radius 1 is 1.26 bits per heavy atom. The summed E-state index contributed by atoms with van der Waals surface area (Å²) < 4.78 is 5.42. The molecule has 2 heterocycles. The number of nitrogens with zero attached hydrogens (tertiary/aromatic N) is 2. The molecule has 0 unspecified atom stereocenters. The smallest absolute Gasteiger partial charge is 0.410 e. The lowest BCUT2D eigenvalue weighted by atomic mass is 9.75. The van der Waals surface area contributed by atoms with E-state index in [-0.39, 0.29) is 17.3 Å². The van der Waals surface area contributed by atoms with Gasteiger partial charge in [-0.2, -0.15) is 0 Å². The zero-order chi connectivity index (χ0) is 16.8. The lowest BCUT2D eigenvalue weighted by Gasteiger charge is -2.38. The van der Waals surface area contributed by atoms with Gasteiger partial charge in [0.25, 0.3) is 0 Å². The average molecular weight is 316 g/mol. The molecule has 1 saturated heterocycles. The van der Waals surface area contributed by atoms with Crippen LogP contribution in [0, 0.1) is 12.3 Å². The van der Waals surface area contributed by atoms with Crippen molar-refractivity contribution >= 4 is 11.9 Å². The lowest BCUT2D eigenvalue weighted by molar-refractivity contribution is 0.0113. The van der Waals surface area contributed by atoms with Gasteiger partial charge < -0.3 is 9.64 Å². The van der Waals surface area contributed by atoms with Gasteiger partial charge in [0.2, 0.25) is 0 Å². The summed E-state index contributed by atoms with van der Waals surface area (Å²) >= 11 is 0. The van der Waals surface area contributed by atoms with Crippen molar-refractivity contribution in [2.45, 2.75) is 52.6 Å². The van der Waals surface area contributed by atoms with E-state index < -0.39 is 5.60 Å².